The minimum absolute atomic E-state index is 0.00440. The molecular formula is C43H57N5O8. The molecule has 13 nitrogen and oxygen atoms in total. The number of hydrogen-bond acceptors (Lipinski definition) is 9. The Morgan fingerprint density at radius 2 is 1.82 bits per heavy atom. The van der Waals surface area contributed by atoms with E-state index in [1.54, 1.807) is 34.0 Å². The van der Waals surface area contributed by atoms with Gasteiger partial charge in [0, 0.05) is 42.0 Å². The van der Waals surface area contributed by atoms with Gasteiger partial charge in [-0.25, -0.2) is 25.0 Å². The first kappa shape index (κ1) is 43.2. The highest BCUT2D eigenvalue weighted by Gasteiger charge is 2.44. The number of ether oxygens (including phenoxy) is 4. The first-order chi connectivity index (χ1) is 26.8. The largest absolute Gasteiger partial charge is 0.497 e. The number of carbonyl (C=O) groups is 3. The fraction of sp³-hybridized carbons (Fsp3) is 0.442. The Balaban J connectivity index is 1.73. The van der Waals surface area contributed by atoms with Crippen LogP contribution in [0.5, 0.6) is 11.5 Å². The normalized spacial score (nSPS) is 16.9. The van der Waals surface area contributed by atoms with Gasteiger partial charge < -0.3 is 34.3 Å². The Morgan fingerprint density at radius 3 is 2.46 bits per heavy atom. The van der Waals surface area contributed by atoms with Crippen LogP contribution in [0, 0.1) is 5.92 Å². The van der Waals surface area contributed by atoms with Gasteiger partial charge in [0.1, 0.15) is 29.2 Å². The van der Waals surface area contributed by atoms with Crippen molar-refractivity contribution in [3.05, 3.63) is 92.7 Å². The van der Waals surface area contributed by atoms with E-state index in [0.29, 0.717) is 40.9 Å². The topological polar surface area (TPSA) is 152 Å². The van der Waals surface area contributed by atoms with Gasteiger partial charge in [0.05, 0.1) is 37.2 Å². The second kappa shape index (κ2) is 20.4. The summed E-state index contributed by atoms with van der Waals surface area (Å²) in [6, 6.07) is 14.4. The summed E-state index contributed by atoms with van der Waals surface area (Å²) in [6.07, 6.45) is 5.30. The lowest BCUT2D eigenvalue weighted by Gasteiger charge is -2.34. The number of pyridine rings is 1. The molecule has 3 aromatic rings. The Kier molecular flexibility index (Phi) is 15.7. The van der Waals surface area contributed by atoms with E-state index < -0.39 is 48.1 Å². The fourth-order valence-corrected chi connectivity index (χ4v) is 6.58. The summed E-state index contributed by atoms with van der Waals surface area (Å²) >= 11 is 0. The third-order valence-corrected chi connectivity index (χ3v) is 9.39. The molecule has 3 N–H and O–H groups in total. The Labute approximate surface area is 330 Å². The zero-order valence-corrected chi connectivity index (χ0v) is 33.2. The Bertz CT molecular complexity index is 1810. The quantitative estimate of drug-likeness (QED) is 0.0392. The molecule has 3 unspecified atom stereocenters. The van der Waals surface area contributed by atoms with Gasteiger partial charge in [0.15, 0.2) is 0 Å². The number of carbonyl (C=O) groups excluding carboxylic acids is 3. The van der Waals surface area contributed by atoms with Crippen molar-refractivity contribution in [3.8, 4) is 22.8 Å². The molecule has 1 aliphatic rings. The van der Waals surface area contributed by atoms with Crippen molar-refractivity contribution in [1.29, 1.82) is 0 Å². The lowest BCUT2D eigenvalue weighted by molar-refractivity contribution is -0.132. The molecule has 2 heterocycles. The van der Waals surface area contributed by atoms with E-state index in [1.807, 2.05) is 67.6 Å². The van der Waals surface area contributed by atoms with Crippen LogP contribution >= 0.6 is 0 Å². The molecule has 13 heteroatoms. The minimum Gasteiger partial charge on any atom is -0.497 e. The monoisotopic (exact) mass is 771 g/mol. The second-order valence-corrected chi connectivity index (χ2v) is 14.6. The van der Waals surface area contributed by atoms with Crippen LogP contribution in [-0.4, -0.2) is 88.3 Å². The highest BCUT2D eigenvalue weighted by atomic mass is 16.6. The summed E-state index contributed by atoms with van der Waals surface area (Å²) in [5, 5.41) is 15.7. The molecule has 1 aliphatic heterocycles. The predicted octanol–water partition coefficient (Wildman–Crippen LogP) is 7.52. The number of aliphatic hydroxyl groups excluding tert-OH is 1. The number of unbranched alkanes of at least 4 members (excludes halogenated alkanes) is 3. The molecule has 0 saturated carbocycles. The maximum absolute atomic E-state index is 14.6. The number of hydrazine groups is 1. The number of fused-ring (bicyclic) bond motifs is 1. The minimum atomic E-state index is -1.44. The van der Waals surface area contributed by atoms with Gasteiger partial charge in [-0.2, -0.15) is 0 Å². The highest BCUT2D eigenvalue weighted by Crippen LogP contribution is 2.35. The smallest absolute Gasteiger partial charge is 0.426 e. The maximum Gasteiger partial charge on any atom is 0.426 e. The van der Waals surface area contributed by atoms with Gasteiger partial charge in [-0.3, -0.25) is 4.79 Å². The standard InChI is InChI=1S/C43H57N5O8/c1-9-13-14-15-19-24-48(46-41(51)56-43(5,6)7)42(52)47-28-32(26-36(47)39(49)45-38(29(10-2)11-3)40(50)54-12-4)55-37-27-34(30-20-17-16-18-21-30)44-35-25-31(53-8)22-23-33(35)37/h9-10,12,16-18,20-23,25,27,29,32,36,38,40,50H,1-2,4,11,13-15,19,24,26,28H2,3,5-8H3,(H,45,49)(H,46,51)/t29?,32-,36+,38?,40?/m1/s1. The molecule has 4 amide bonds. The third kappa shape index (κ3) is 11.7. The molecule has 0 bridgehead atoms. The third-order valence-electron chi connectivity index (χ3n) is 9.39. The van der Waals surface area contributed by atoms with Crippen molar-refractivity contribution in [1.82, 2.24) is 25.6 Å². The number of hydrogen-bond donors (Lipinski definition) is 3. The molecule has 0 radical (unpaired) electrons. The van der Waals surface area contributed by atoms with Gasteiger partial charge >= 0.3 is 12.1 Å². The lowest BCUT2D eigenvalue weighted by Crippen LogP contribution is -2.58. The van der Waals surface area contributed by atoms with Crippen LogP contribution in [0.4, 0.5) is 9.59 Å². The van der Waals surface area contributed by atoms with E-state index in [2.05, 4.69) is 30.5 Å². The zero-order valence-electron chi connectivity index (χ0n) is 33.2. The molecule has 0 aliphatic carbocycles. The van der Waals surface area contributed by atoms with Crippen molar-refractivity contribution in [2.75, 3.05) is 20.2 Å². The molecule has 1 fully saturated rings. The van der Waals surface area contributed by atoms with E-state index >= 15 is 0 Å². The first-order valence-electron chi connectivity index (χ1n) is 19.1. The summed E-state index contributed by atoms with van der Waals surface area (Å²) in [4.78, 5) is 48.3. The summed E-state index contributed by atoms with van der Waals surface area (Å²) in [7, 11) is 1.59. The van der Waals surface area contributed by atoms with Crippen molar-refractivity contribution >= 4 is 28.9 Å². The number of allylic oxidation sites excluding steroid dienone is 1. The number of nitrogens with one attached hydrogen (secondary N) is 2. The summed E-state index contributed by atoms with van der Waals surface area (Å²) in [6.45, 7) is 18.4. The first-order valence-corrected chi connectivity index (χ1v) is 19.1. The van der Waals surface area contributed by atoms with Gasteiger partial charge in [-0.05, 0) is 58.6 Å². The average molecular weight is 772 g/mol. The van der Waals surface area contributed by atoms with Crippen LogP contribution in [0.2, 0.25) is 0 Å². The molecule has 2 aromatic carbocycles. The number of urea groups is 1. The highest BCUT2D eigenvalue weighted by molar-refractivity contribution is 5.90. The number of methoxy groups -OCH3 is 1. The van der Waals surface area contributed by atoms with Gasteiger partial charge in [0.25, 0.3) is 0 Å². The van der Waals surface area contributed by atoms with Crippen LogP contribution in [0.1, 0.15) is 66.2 Å². The van der Waals surface area contributed by atoms with Crippen molar-refractivity contribution < 1.29 is 38.4 Å². The summed E-state index contributed by atoms with van der Waals surface area (Å²) in [5.41, 5.74) is 3.98. The van der Waals surface area contributed by atoms with E-state index in [1.165, 1.54) is 9.91 Å². The van der Waals surface area contributed by atoms with Crippen molar-refractivity contribution in [2.24, 2.45) is 5.92 Å². The molecule has 56 heavy (non-hydrogen) atoms. The number of nitrogens with zero attached hydrogens (tertiary/aromatic N) is 3. The van der Waals surface area contributed by atoms with E-state index in [0.717, 1.165) is 31.1 Å². The maximum atomic E-state index is 14.6. The van der Waals surface area contributed by atoms with Crippen molar-refractivity contribution in [2.45, 2.75) is 96.3 Å². The molecular weight excluding hydrogens is 715 g/mol. The Morgan fingerprint density at radius 1 is 1.07 bits per heavy atom. The van der Waals surface area contributed by atoms with Crippen LogP contribution < -0.4 is 20.2 Å². The van der Waals surface area contributed by atoms with Gasteiger partial charge in [-0.1, -0.05) is 62.4 Å². The molecule has 1 aromatic heterocycles. The number of likely N-dealkylation sites (tertiary alicyclic amines) is 1. The Hall–Kier alpha value is -5.56. The van der Waals surface area contributed by atoms with Crippen LogP contribution in [0.15, 0.2) is 92.7 Å². The molecule has 0 spiro atoms. The van der Waals surface area contributed by atoms with E-state index in [9.17, 15) is 19.5 Å². The lowest BCUT2D eigenvalue weighted by atomic mass is 9.96. The van der Waals surface area contributed by atoms with Crippen LogP contribution in [-0.2, 0) is 14.3 Å². The van der Waals surface area contributed by atoms with Gasteiger partial charge in [0.2, 0.25) is 12.2 Å². The SMILES string of the molecule is C=CCCCCCN(NC(=O)OC(C)(C)C)C(=O)N1C[C@H](Oc2cc(-c3ccccc3)nc3cc(OC)ccc23)C[C@H]1C(=O)NC(C(C=C)CC)C(O)OC=C. The zero-order chi connectivity index (χ0) is 40.8. The van der Waals surface area contributed by atoms with E-state index in [4.69, 9.17) is 23.9 Å². The second-order valence-electron chi connectivity index (χ2n) is 14.6. The molecule has 302 valence electrons. The molecule has 5 atom stereocenters. The fourth-order valence-electron chi connectivity index (χ4n) is 6.58. The number of amides is 4. The number of benzene rings is 2. The summed E-state index contributed by atoms with van der Waals surface area (Å²) < 4.78 is 23.0. The molecule has 4 rings (SSSR count). The van der Waals surface area contributed by atoms with Crippen molar-refractivity contribution in [3.63, 3.8) is 0 Å². The number of rotatable bonds is 18. The van der Waals surface area contributed by atoms with Crippen LogP contribution in [0.25, 0.3) is 22.2 Å². The predicted molar refractivity (Wildman–Crippen MR) is 217 cm³/mol. The molecule has 1 saturated heterocycles. The van der Waals surface area contributed by atoms with Gasteiger partial charge in [-0.15, -0.1) is 13.2 Å². The average Bonchev–Trinajstić information content (AvgIpc) is 3.60. The number of aliphatic hydroxyl groups is 1. The van der Waals surface area contributed by atoms with E-state index in [-0.39, 0.29) is 25.4 Å². The number of aromatic nitrogens is 1. The van der Waals surface area contributed by atoms with Crippen LogP contribution in [0.3, 0.4) is 0 Å². The summed E-state index contributed by atoms with van der Waals surface area (Å²) in [5.74, 6) is 0.217.